The van der Waals surface area contributed by atoms with Crippen molar-refractivity contribution >= 4 is 34.2 Å². The van der Waals surface area contributed by atoms with Crippen LogP contribution >= 0.6 is 23.2 Å². The summed E-state index contributed by atoms with van der Waals surface area (Å²) in [6.45, 7) is 3.83. The molecule has 4 rings (SSSR count). The van der Waals surface area contributed by atoms with E-state index in [1.54, 1.807) is 56.7 Å². The smallest absolute Gasteiger partial charge is 0.235 e. The lowest BCUT2D eigenvalue weighted by atomic mass is 10.0. The van der Waals surface area contributed by atoms with Crippen LogP contribution in [0.1, 0.15) is 16.7 Å². The highest BCUT2D eigenvalue weighted by atomic mass is 35.5. The predicted octanol–water partition coefficient (Wildman–Crippen LogP) is 6.98. The fourth-order valence-corrected chi connectivity index (χ4v) is 4.25. The lowest BCUT2D eigenvalue weighted by molar-refractivity contribution is 0.298. The first-order valence-corrected chi connectivity index (χ1v) is 11.0. The van der Waals surface area contributed by atoms with Gasteiger partial charge >= 0.3 is 0 Å². The van der Waals surface area contributed by atoms with Gasteiger partial charge in [0.05, 0.1) is 19.6 Å². The van der Waals surface area contributed by atoms with Crippen molar-refractivity contribution in [1.29, 1.82) is 0 Å². The number of halogens is 2. The third-order valence-electron chi connectivity index (χ3n) is 5.35. The van der Waals surface area contributed by atoms with Crippen molar-refractivity contribution < 1.29 is 18.6 Å². The fourth-order valence-electron chi connectivity index (χ4n) is 3.75. The molecule has 0 aliphatic heterocycles. The number of benzene rings is 3. The highest BCUT2D eigenvalue weighted by Gasteiger charge is 2.21. The molecule has 0 amide bonds. The van der Waals surface area contributed by atoms with Gasteiger partial charge in [0.25, 0.3) is 0 Å². The quantitative estimate of drug-likeness (QED) is 0.295. The van der Waals surface area contributed by atoms with E-state index in [1.165, 1.54) is 0 Å². The first kappa shape index (κ1) is 23.0. The van der Waals surface area contributed by atoms with Gasteiger partial charge < -0.3 is 18.6 Å². The van der Waals surface area contributed by atoms with Crippen LogP contribution in [-0.2, 0) is 6.61 Å². The second kappa shape index (κ2) is 9.38. The fraction of sp³-hybridized carbons (Fsp3) is 0.192. The van der Waals surface area contributed by atoms with Crippen LogP contribution < -0.4 is 19.6 Å². The standard InChI is InChI=1S/C26H22Cl2O5/c1-14-10-15(2)24-17(11-14)23(29)26(32-13-18-19(27)6-5-7-20(18)28)25(33-24)16-8-9-21(30-3)22(12-16)31-4/h5-12H,13H2,1-4H3. The molecular weight excluding hydrogens is 463 g/mol. The number of hydrogen-bond acceptors (Lipinski definition) is 5. The summed E-state index contributed by atoms with van der Waals surface area (Å²) < 4.78 is 23.1. The summed E-state index contributed by atoms with van der Waals surface area (Å²) in [5.74, 6) is 1.40. The van der Waals surface area contributed by atoms with Crippen LogP contribution in [0.25, 0.3) is 22.3 Å². The maximum Gasteiger partial charge on any atom is 0.235 e. The molecule has 0 unspecified atom stereocenters. The van der Waals surface area contributed by atoms with E-state index in [2.05, 4.69) is 0 Å². The molecule has 0 bridgehead atoms. The van der Waals surface area contributed by atoms with E-state index in [0.29, 0.717) is 43.6 Å². The SMILES string of the molecule is COc1ccc(-c2oc3c(C)cc(C)cc3c(=O)c2OCc2c(Cl)cccc2Cl)cc1OC. The third kappa shape index (κ3) is 4.39. The highest BCUT2D eigenvalue weighted by Crippen LogP contribution is 2.38. The van der Waals surface area contributed by atoms with E-state index in [4.69, 9.17) is 41.8 Å². The predicted molar refractivity (Wildman–Crippen MR) is 131 cm³/mol. The number of ether oxygens (including phenoxy) is 3. The van der Waals surface area contributed by atoms with Gasteiger partial charge in [-0.3, -0.25) is 4.79 Å². The lowest BCUT2D eigenvalue weighted by Crippen LogP contribution is -2.11. The zero-order chi connectivity index (χ0) is 23.7. The Morgan fingerprint density at radius 1 is 0.909 bits per heavy atom. The van der Waals surface area contributed by atoms with E-state index in [1.807, 2.05) is 19.9 Å². The molecule has 0 saturated carbocycles. The lowest BCUT2D eigenvalue weighted by Gasteiger charge is -2.15. The number of rotatable bonds is 6. The Morgan fingerprint density at radius 3 is 2.27 bits per heavy atom. The van der Waals surface area contributed by atoms with Crippen LogP contribution in [-0.4, -0.2) is 14.2 Å². The van der Waals surface area contributed by atoms with Gasteiger partial charge in [-0.2, -0.15) is 0 Å². The van der Waals surface area contributed by atoms with Gasteiger partial charge in [-0.05, 0) is 61.4 Å². The monoisotopic (exact) mass is 484 g/mol. The minimum absolute atomic E-state index is 0.000138. The molecule has 170 valence electrons. The van der Waals surface area contributed by atoms with E-state index < -0.39 is 0 Å². The molecule has 0 saturated heterocycles. The molecular formula is C26H22Cl2O5. The van der Waals surface area contributed by atoms with E-state index in [0.717, 1.165) is 11.1 Å². The molecule has 1 aromatic heterocycles. The van der Waals surface area contributed by atoms with Gasteiger partial charge in [-0.1, -0.05) is 35.3 Å². The molecule has 33 heavy (non-hydrogen) atoms. The van der Waals surface area contributed by atoms with E-state index in [9.17, 15) is 4.79 Å². The topological polar surface area (TPSA) is 57.9 Å². The van der Waals surface area contributed by atoms with Crippen LogP contribution in [0.2, 0.25) is 10.0 Å². The first-order valence-electron chi connectivity index (χ1n) is 10.2. The summed E-state index contributed by atoms with van der Waals surface area (Å²) >= 11 is 12.6. The Balaban J connectivity index is 1.93. The minimum atomic E-state index is -0.281. The minimum Gasteiger partial charge on any atom is -0.493 e. The van der Waals surface area contributed by atoms with E-state index >= 15 is 0 Å². The highest BCUT2D eigenvalue weighted by molar-refractivity contribution is 6.35. The number of aryl methyl sites for hydroxylation is 2. The molecule has 4 aromatic rings. The van der Waals surface area contributed by atoms with Gasteiger partial charge in [0.1, 0.15) is 12.2 Å². The zero-order valence-corrected chi connectivity index (χ0v) is 20.1. The Morgan fingerprint density at radius 2 is 1.61 bits per heavy atom. The second-order valence-electron chi connectivity index (χ2n) is 7.61. The van der Waals surface area contributed by atoms with Crippen molar-refractivity contribution in [2.45, 2.75) is 20.5 Å². The Labute approximate surface area is 201 Å². The second-order valence-corrected chi connectivity index (χ2v) is 8.42. The van der Waals surface area contributed by atoms with Crippen LogP contribution in [0.3, 0.4) is 0 Å². The molecule has 3 aromatic carbocycles. The molecule has 0 N–H and O–H groups in total. The first-order chi connectivity index (χ1) is 15.8. The van der Waals surface area contributed by atoms with Crippen LogP contribution in [0, 0.1) is 13.8 Å². The van der Waals surface area contributed by atoms with Gasteiger partial charge in [-0.15, -0.1) is 0 Å². The molecule has 5 nitrogen and oxygen atoms in total. The van der Waals surface area contributed by atoms with Crippen molar-refractivity contribution in [1.82, 2.24) is 0 Å². The molecule has 0 aliphatic rings. The van der Waals surface area contributed by atoms with Crippen LogP contribution in [0.4, 0.5) is 0 Å². The van der Waals surface area contributed by atoms with Crippen molar-refractivity contribution in [2.75, 3.05) is 14.2 Å². The van der Waals surface area contributed by atoms with Gasteiger partial charge in [0.2, 0.25) is 11.2 Å². The molecule has 0 spiro atoms. The largest absolute Gasteiger partial charge is 0.493 e. The number of methoxy groups -OCH3 is 2. The average Bonchev–Trinajstić information content (AvgIpc) is 2.79. The number of fused-ring (bicyclic) bond motifs is 1. The average molecular weight is 485 g/mol. The molecule has 7 heteroatoms. The maximum absolute atomic E-state index is 13.6. The molecule has 0 radical (unpaired) electrons. The molecule has 0 atom stereocenters. The summed E-state index contributed by atoms with van der Waals surface area (Å²) in [6.07, 6.45) is 0. The summed E-state index contributed by atoms with van der Waals surface area (Å²) in [7, 11) is 3.10. The Bertz CT molecular complexity index is 1390. The van der Waals surface area contributed by atoms with Gasteiger partial charge in [-0.25, -0.2) is 0 Å². The summed E-state index contributed by atoms with van der Waals surface area (Å²) in [5.41, 5.74) is 3.20. The van der Waals surface area contributed by atoms with E-state index in [-0.39, 0.29) is 23.5 Å². The molecule has 0 aliphatic carbocycles. The number of hydrogen-bond donors (Lipinski definition) is 0. The summed E-state index contributed by atoms with van der Waals surface area (Å²) in [5, 5.41) is 1.34. The molecule has 0 fully saturated rings. The normalized spacial score (nSPS) is 11.0. The van der Waals surface area contributed by atoms with Crippen LogP contribution in [0.15, 0.2) is 57.7 Å². The third-order valence-corrected chi connectivity index (χ3v) is 6.06. The maximum atomic E-state index is 13.6. The van der Waals surface area contributed by atoms with Crippen molar-refractivity contribution in [3.05, 3.63) is 85.5 Å². The van der Waals surface area contributed by atoms with Crippen molar-refractivity contribution in [3.8, 4) is 28.6 Å². The van der Waals surface area contributed by atoms with Crippen LogP contribution in [0.5, 0.6) is 17.2 Å². The van der Waals surface area contributed by atoms with Crippen molar-refractivity contribution in [2.24, 2.45) is 0 Å². The Hall–Kier alpha value is -3.15. The van der Waals surface area contributed by atoms with Gasteiger partial charge in [0, 0.05) is 21.2 Å². The van der Waals surface area contributed by atoms with Gasteiger partial charge in [0.15, 0.2) is 17.3 Å². The molecule has 1 heterocycles. The summed E-state index contributed by atoms with van der Waals surface area (Å²) in [6, 6.07) is 14.2. The van der Waals surface area contributed by atoms with Crippen molar-refractivity contribution in [3.63, 3.8) is 0 Å². The summed E-state index contributed by atoms with van der Waals surface area (Å²) in [4.78, 5) is 13.6. The Kier molecular flexibility index (Phi) is 6.54. The zero-order valence-electron chi connectivity index (χ0n) is 18.6.